The molecule has 4 rings (SSSR count). The minimum Gasteiger partial charge on any atom is -0.465 e. The zero-order valence-electron chi connectivity index (χ0n) is 40.1. The summed E-state index contributed by atoms with van der Waals surface area (Å²) in [6.45, 7) is 34.1. The number of nitrogens with one attached hydrogen (secondary N) is 2. The molecule has 2 N–H and O–H groups in total. The average Bonchev–Trinajstić information content (AvgIpc) is 3.58. The smallest absolute Gasteiger partial charge is 0.310 e. The van der Waals surface area contributed by atoms with Gasteiger partial charge in [-0.25, -0.2) is 0 Å². The van der Waals surface area contributed by atoms with Crippen LogP contribution >= 0.6 is 0 Å². The van der Waals surface area contributed by atoms with Crippen molar-refractivity contribution >= 4 is 23.9 Å². The number of hydrogen-bond donors (Lipinski definition) is 2. The van der Waals surface area contributed by atoms with Crippen LogP contribution in [-0.2, 0) is 43.0 Å². The number of carbonyl (C=O) groups excluding carboxylic acids is 4. The molecule has 0 aromatic rings. The summed E-state index contributed by atoms with van der Waals surface area (Å²) in [5.41, 5.74) is -2.08. The Kier molecular flexibility index (Phi) is 14.3. The number of likely N-dealkylation sites (tertiary alicyclic amines) is 1. The first-order valence-electron chi connectivity index (χ1n) is 22.0. The number of hydrogen-bond acceptors (Lipinski definition) is 13. The minimum atomic E-state index is -1.35. The quantitative estimate of drug-likeness (QED) is 0.130. The van der Waals surface area contributed by atoms with Crippen molar-refractivity contribution in [2.45, 2.75) is 194 Å². The maximum absolute atomic E-state index is 14.4. The molecule has 4 fully saturated rings. The third-order valence-corrected chi connectivity index (χ3v) is 15.0. The van der Waals surface area contributed by atoms with Gasteiger partial charge in [0.15, 0.2) is 0 Å². The Labute approximate surface area is 356 Å². The van der Waals surface area contributed by atoms with Crippen LogP contribution in [0.1, 0.15) is 149 Å². The molecule has 6 unspecified atom stereocenters. The molecule has 340 valence electrons. The number of nitrogens with zero attached hydrogens (tertiary/aromatic N) is 2. The highest BCUT2D eigenvalue weighted by atomic mass is 16.7. The van der Waals surface area contributed by atoms with Crippen molar-refractivity contribution in [1.29, 1.82) is 0 Å². The second-order valence-corrected chi connectivity index (χ2v) is 23.3. The van der Waals surface area contributed by atoms with E-state index in [4.69, 9.17) is 23.8 Å². The van der Waals surface area contributed by atoms with Crippen molar-refractivity contribution in [3.05, 3.63) is 0 Å². The third-order valence-electron chi connectivity index (χ3n) is 15.0. The molecule has 13 heteroatoms. The summed E-state index contributed by atoms with van der Waals surface area (Å²) in [5.74, 6) is -5.56. The molecule has 4 heterocycles. The molecule has 0 aliphatic carbocycles. The zero-order valence-corrected chi connectivity index (χ0v) is 40.1. The highest BCUT2D eigenvalue weighted by Crippen LogP contribution is 2.46. The normalized spacial score (nSPS) is 30.7. The van der Waals surface area contributed by atoms with E-state index in [2.05, 4.69) is 133 Å². The van der Waals surface area contributed by atoms with E-state index in [1.807, 2.05) is 5.06 Å². The maximum atomic E-state index is 14.4. The van der Waals surface area contributed by atoms with Gasteiger partial charge in [-0.15, -0.1) is 0 Å². The molecule has 4 aliphatic heterocycles. The van der Waals surface area contributed by atoms with Crippen LogP contribution in [0.15, 0.2) is 0 Å². The molecule has 13 nitrogen and oxygen atoms in total. The predicted octanol–water partition coefficient (Wildman–Crippen LogP) is 6.45. The molecule has 4 aliphatic rings. The van der Waals surface area contributed by atoms with Crippen LogP contribution in [0.3, 0.4) is 0 Å². The Hall–Kier alpha value is -2.32. The Morgan fingerprint density at radius 1 is 0.525 bits per heavy atom. The number of hydroxylamine groups is 2. The van der Waals surface area contributed by atoms with E-state index in [0.29, 0.717) is 6.42 Å². The van der Waals surface area contributed by atoms with E-state index in [1.54, 1.807) is 7.11 Å². The lowest BCUT2D eigenvalue weighted by Crippen LogP contribution is -2.49. The summed E-state index contributed by atoms with van der Waals surface area (Å²) in [4.78, 5) is 64.7. The summed E-state index contributed by atoms with van der Waals surface area (Å²) in [5, 5.41) is 9.18. The lowest BCUT2D eigenvalue weighted by molar-refractivity contribution is -0.225. The molecule has 6 atom stereocenters. The lowest BCUT2D eigenvalue weighted by Gasteiger charge is -2.39. The summed E-state index contributed by atoms with van der Waals surface area (Å²) >= 11 is 0. The molecule has 0 spiro atoms. The van der Waals surface area contributed by atoms with Gasteiger partial charge < -0.3 is 34.4 Å². The molecule has 0 amide bonds. The number of esters is 4. The fourth-order valence-electron chi connectivity index (χ4n) is 11.5. The first-order valence-corrected chi connectivity index (χ1v) is 22.0. The zero-order chi connectivity index (χ0) is 44.9. The van der Waals surface area contributed by atoms with Gasteiger partial charge in [-0.1, -0.05) is 0 Å². The highest BCUT2D eigenvalue weighted by molar-refractivity contribution is 5.88. The summed E-state index contributed by atoms with van der Waals surface area (Å²) in [7, 11) is 3.72. The van der Waals surface area contributed by atoms with Crippen molar-refractivity contribution < 1.29 is 43.0 Å². The standard InChI is InChI=1S/C46H82N4O9/c1-39(2)21-29(43(9,10)47-39)25-58-37(53)33(19-35(51)56-27-31-23-41(5,6)49(17)45(31,13)14)34(38(54)59-26-30-22-40(3,4)48-44(30,11)12)20-36(52)57-28-32-24-42(7,8)50(55-18)46(32,15)16/h29-34,47-48H,19-28H2,1-18H3. The molecule has 0 aromatic heterocycles. The Balaban J connectivity index is 1.61. The summed E-state index contributed by atoms with van der Waals surface area (Å²) in [6.07, 6.45) is 2.13. The van der Waals surface area contributed by atoms with Crippen LogP contribution < -0.4 is 10.6 Å². The predicted molar refractivity (Wildman–Crippen MR) is 228 cm³/mol. The van der Waals surface area contributed by atoms with Crippen molar-refractivity contribution in [2.24, 2.45) is 35.5 Å². The minimum absolute atomic E-state index is 0.0273. The van der Waals surface area contributed by atoms with Crippen molar-refractivity contribution in [1.82, 2.24) is 20.6 Å². The van der Waals surface area contributed by atoms with Crippen LogP contribution in [0.25, 0.3) is 0 Å². The largest absolute Gasteiger partial charge is 0.465 e. The van der Waals surface area contributed by atoms with Gasteiger partial charge in [0, 0.05) is 68.0 Å². The Morgan fingerprint density at radius 2 is 0.881 bits per heavy atom. The van der Waals surface area contributed by atoms with E-state index in [0.717, 1.165) is 19.3 Å². The van der Waals surface area contributed by atoms with E-state index in [-0.39, 0.29) is 88.9 Å². The molecule has 0 bridgehead atoms. The van der Waals surface area contributed by atoms with Gasteiger partial charge >= 0.3 is 23.9 Å². The Bertz CT molecular complexity index is 1550. The van der Waals surface area contributed by atoms with E-state index >= 15 is 0 Å². The van der Waals surface area contributed by atoms with Gasteiger partial charge in [0.1, 0.15) is 0 Å². The fraction of sp³-hybridized carbons (Fsp3) is 0.913. The van der Waals surface area contributed by atoms with Gasteiger partial charge in [-0.2, -0.15) is 5.06 Å². The van der Waals surface area contributed by atoms with Gasteiger partial charge in [-0.05, 0) is 144 Å². The van der Waals surface area contributed by atoms with Gasteiger partial charge in [0.2, 0.25) is 0 Å². The average molecular weight is 835 g/mol. The topological polar surface area (TPSA) is 145 Å². The summed E-state index contributed by atoms with van der Waals surface area (Å²) < 4.78 is 24.0. The van der Waals surface area contributed by atoms with Crippen molar-refractivity contribution in [2.75, 3.05) is 40.6 Å². The highest BCUT2D eigenvalue weighted by Gasteiger charge is 2.54. The molecule has 4 saturated heterocycles. The van der Waals surface area contributed by atoms with E-state index in [9.17, 15) is 19.2 Å². The molecule has 0 saturated carbocycles. The second-order valence-electron chi connectivity index (χ2n) is 23.3. The Morgan fingerprint density at radius 3 is 1.19 bits per heavy atom. The first-order chi connectivity index (χ1) is 26.7. The monoisotopic (exact) mass is 835 g/mol. The van der Waals surface area contributed by atoms with Crippen LogP contribution in [0.5, 0.6) is 0 Å². The van der Waals surface area contributed by atoms with Crippen LogP contribution in [-0.4, -0.2) is 119 Å². The maximum Gasteiger partial charge on any atom is 0.310 e. The van der Waals surface area contributed by atoms with Crippen molar-refractivity contribution in [3.63, 3.8) is 0 Å². The second kappa shape index (κ2) is 17.1. The number of ether oxygens (including phenoxy) is 4. The molecule has 59 heavy (non-hydrogen) atoms. The molecular weight excluding hydrogens is 753 g/mol. The van der Waals surface area contributed by atoms with Gasteiger partial charge in [-0.3, -0.25) is 24.1 Å². The van der Waals surface area contributed by atoms with Gasteiger partial charge in [0.05, 0.1) is 58.2 Å². The lowest BCUT2D eigenvalue weighted by atomic mass is 9.85. The number of carbonyl (C=O) groups is 4. The molecular formula is C46H82N4O9. The van der Waals surface area contributed by atoms with Crippen LogP contribution in [0.4, 0.5) is 0 Å². The van der Waals surface area contributed by atoms with E-state index < -0.39 is 54.1 Å². The SMILES string of the molecule is CON1C(C)(C)CC(COC(=O)CC(C(=O)OCC2CC(C)(C)NC2(C)C)C(CC(=O)OCC2CC(C)(C)N(C)C2(C)C)C(=O)OCC2CC(C)(C)NC2(C)C)C1(C)C. The first kappa shape index (κ1) is 49.3. The van der Waals surface area contributed by atoms with Crippen molar-refractivity contribution in [3.8, 4) is 0 Å². The fourth-order valence-corrected chi connectivity index (χ4v) is 11.5. The van der Waals surface area contributed by atoms with Crippen LogP contribution in [0, 0.1) is 35.5 Å². The molecule has 0 radical (unpaired) electrons. The molecule has 0 aromatic carbocycles. The number of rotatable bonds is 16. The summed E-state index contributed by atoms with van der Waals surface area (Å²) in [6, 6.07) is 0. The third kappa shape index (κ3) is 11.2. The van der Waals surface area contributed by atoms with Gasteiger partial charge in [0.25, 0.3) is 0 Å². The van der Waals surface area contributed by atoms with Crippen LogP contribution in [0.2, 0.25) is 0 Å². The van der Waals surface area contributed by atoms with E-state index in [1.165, 1.54) is 0 Å².